The summed E-state index contributed by atoms with van der Waals surface area (Å²) in [6.45, 7) is 1.50. The van der Waals surface area contributed by atoms with Crippen LogP contribution in [0.4, 0.5) is 10.1 Å². The number of aliphatic hydroxyl groups is 1. The van der Waals surface area contributed by atoms with Crippen LogP contribution in [0.15, 0.2) is 23.1 Å². The predicted octanol–water partition coefficient (Wildman–Crippen LogP) is 0.266. The lowest BCUT2D eigenvalue weighted by Gasteiger charge is -2.13. The lowest BCUT2D eigenvalue weighted by Crippen LogP contribution is -2.20. The predicted molar refractivity (Wildman–Crippen MR) is 57.9 cm³/mol. The topological polar surface area (TPSA) is 92.4 Å². The Labute approximate surface area is 93.1 Å². The zero-order valence-electron chi connectivity index (χ0n) is 8.64. The third-order valence-electron chi connectivity index (χ3n) is 1.94. The molecule has 0 amide bonds. The number of benzene rings is 1. The smallest absolute Gasteiger partial charge is 0.238 e. The van der Waals surface area contributed by atoms with Crippen LogP contribution < -0.4 is 10.5 Å². The standard InChI is InChI=1S/C9H13FN2O3S/c1-6(5-13)12-9-3-2-7(4-8(9)10)16(11,14)15/h2-4,6,12-13H,5H2,1H3,(H2,11,14,15). The Hall–Kier alpha value is -1.18. The maximum atomic E-state index is 13.4. The Kier molecular flexibility index (Phi) is 3.84. The Morgan fingerprint density at radius 3 is 2.62 bits per heavy atom. The molecule has 0 radical (unpaired) electrons. The first-order valence-corrected chi connectivity index (χ1v) is 6.09. The summed E-state index contributed by atoms with van der Waals surface area (Å²) < 4.78 is 35.3. The fraction of sp³-hybridized carbons (Fsp3) is 0.333. The van der Waals surface area contributed by atoms with Crippen LogP contribution in [-0.2, 0) is 10.0 Å². The van der Waals surface area contributed by atoms with Crippen molar-refractivity contribution in [1.29, 1.82) is 0 Å². The van der Waals surface area contributed by atoms with E-state index in [0.717, 1.165) is 6.07 Å². The summed E-state index contributed by atoms with van der Waals surface area (Å²) >= 11 is 0. The number of rotatable bonds is 4. The molecule has 90 valence electrons. The minimum atomic E-state index is -3.89. The molecule has 1 aromatic carbocycles. The van der Waals surface area contributed by atoms with E-state index in [4.69, 9.17) is 10.2 Å². The summed E-state index contributed by atoms with van der Waals surface area (Å²) in [5.74, 6) is -0.730. The highest BCUT2D eigenvalue weighted by atomic mass is 32.2. The van der Waals surface area contributed by atoms with Crippen molar-refractivity contribution in [3.05, 3.63) is 24.0 Å². The average molecular weight is 248 g/mol. The van der Waals surface area contributed by atoms with Crippen molar-refractivity contribution in [2.75, 3.05) is 11.9 Å². The van der Waals surface area contributed by atoms with E-state index in [-0.39, 0.29) is 23.2 Å². The summed E-state index contributed by atoms with van der Waals surface area (Å²) in [5, 5.41) is 16.3. The molecule has 0 aliphatic heterocycles. The maximum absolute atomic E-state index is 13.4. The van der Waals surface area contributed by atoms with Crippen LogP contribution in [0.3, 0.4) is 0 Å². The number of nitrogens with one attached hydrogen (secondary N) is 1. The van der Waals surface area contributed by atoms with Gasteiger partial charge >= 0.3 is 0 Å². The van der Waals surface area contributed by atoms with Crippen molar-refractivity contribution in [3.8, 4) is 0 Å². The number of sulfonamides is 1. The van der Waals surface area contributed by atoms with Crippen molar-refractivity contribution in [3.63, 3.8) is 0 Å². The van der Waals surface area contributed by atoms with Crippen LogP contribution in [0.5, 0.6) is 0 Å². The molecular weight excluding hydrogens is 235 g/mol. The molecule has 0 saturated heterocycles. The minimum Gasteiger partial charge on any atom is -0.394 e. The summed E-state index contributed by atoms with van der Waals surface area (Å²) in [4.78, 5) is -0.285. The first-order valence-electron chi connectivity index (χ1n) is 4.54. The molecule has 0 heterocycles. The van der Waals surface area contributed by atoms with Crippen LogP contribution in [0, 0.1) is 5.82 Å². The highest BCUT2D eigenvalue weighted by Crippen LogP contribution is 2.18. The molecule has 0 aromatic heterocycles. The van der Waals surface area contributed by atoms with Gasteiger partial charge < -0.3 is 10.4 Å². The molecule has 0 aliphatic carbocycles. The van der Waals surface area contributed by atoms with E-state index in [1.807, 2.05) is 0 Å². The molecule has 5 nitrogen and oxygen atoms in total. The number of anilines is 1. The second kappa shape index (κ2) is 4.77. The summed E-state index contributed by atoms with van der Waals surface area (Å²) in [7, 11) is -3.89. The van der Waals surface area contributed by atoms with Gasteiger partial charge in [-0.1, -0.05) is 0 Å². The first kappa shape index (κ1) is 12.9. The molecular formula is C9H13FN2O3S. The number of aliphatic hydroxyl groups excluding tert-OH is 1. The zero-order chi connectivity index (χ0) is 12.3. The van der Waals surface area contributed by atoms with Gasteiger partial charge in [0.25, 0.3) is 0 Å². The Morgan fingerprint density at radius 1 is 1.56 bits per heavy atom. The van der Waals surface area contributed by atoms with Gasteiger partial charge in [0.15, 0.2) is 0 Å². The SMILES string of the molecule is CC(CO)Nc1ccc(S(N)(=O)=O)cc1F. The Morgan fingerprint density at radius 2 is 2.19 bits per heavy atom. The molecule has 7 heteroatoms. The van der Waals surface area contributed by atoms with Gasteiger partial charge in [-0.2, -0.15) is 0 Å². The van der Waals surface area contributed by atoms with Gasteiger partial charge in [-0.3, -0.25) is 0 Å². The van der Waals surface area contributed by atoms with Gasteiger partial charge in [0.05, 0.1) is 17.2 Å². The second-order valence-corrected chi connectivity index (χ2v) is 4.98. The van der Waals surface area contributed by atoms with Crippen LogP contribution in [-0.4, -0.2) is 26.2 Å². The molecule has 0 aliphatic rings. The van der Waals surface area contributed by atoms with Crippen molar-refractivity contribution in [2.24, 2.45) is 5.14 Å². The van der Waals surface area contributed by atoms with Crippen LogP contribution in [0.1, 0.15) is 6.92 Å². The number of primary sulfonamides is 1. The fourth-order valence-electron chi connectivity index (χ4n) is 1.10. The van der Waals surface area contributed by atoms with Gasteiger partial charge in [0.1, 0.15) is 5.82 Å². The van der Waals surface area contributed by atoms with Gasteiger partial charge in [0, 0.05) is 6.04 Å². The normalized spacial score (nSPS) is 13.5. The highest BCUT2D eigenvalue weighted by Gasteiger charge is 2.12. The van der Waals surface area contributed by atoms with Gasteiger partial charge in [-0.05, 0) is 25.1 Å². The molecule has 4 N–H and O–H groups in total. The summed E-state index contributed by atoms with van der Waals surface area (Å²) in [6, 6.07) is 2.98. The molecule has 1 aromatic rings. The maximum Gasteiger partial charge on any atom is 0.238 e. The Bertz CT molecular complexity index is 476. The van der Waals surface area contributed by atoms with E-state index in [1.54, 1.807) is 6.92 Å². The van der Waals surface area contributed by atoms with E-state index >= 15 is 0 Å². The van der Waals surface area contributed by atoms with Crippen molar-refractivity contribution in [2.45, 2.75) is 17.9 Å². The number of hydrogen-bond acceptors (Lipinski definition) is 4. The molecule has 1 rings (SSSR count). The van der Waals surface area contributed by atoms with Gasteiger partial charge in [0.2, 0.25) is 10.0 Å². The number of nitrogens with two attached hydrogens (primary N) is 1. The molecule has 1 unspecified atom stereocenters. The van der Waals surface area contributed by atoms with E-state index in [0.29, 0.717) is 0 Å². The van der Waals surface area contributed by atoms with E-state index < -0.39 is 15.8 Å². The zero-order valence-corrected chi connectivity index (χ0v) is 9.46. The summed E-state index contributed by atoms with van der Waals surface area (Å²) in [6.07, 6.45) is 0. The lowest BCUT2D eigenvalue weighted by atomic mass is 10.2. The third kappa shape index (κ3) is 3.16. The average Bonchev–Trinajstić information content (AvgIpc) is 2.19. The largest absolute Gasteiger partial charge is 0.394 e. The summed E-state index contributed by atoms with van der Waals surface area (Å²) in [5.41, 5.74) is 0.119. The van der Waals surface area contributed by atoms with Crippen LogP contribution >= 0.6 is 0 Å². The molecule has 0 bridgehead atoms. The molecule has 0 spiro atoms. The lowest BCUT2D eigenvalue weighted by molar-refractivity contribution is 0.281. The fourth-order valence-corrected chi connectivity index (χ4v) is 1.63. The van der Waals surface area contributed by atoms with E-state index in [2.05, 4.69) is 5.32 Å². The third-order valence-corrected chi connectivity index (χ3v) is 2.86. The van der Waals surface area contributed by atoms with Gasteiger partial charge in [-0.15, -0.1) is 0 Å². The van der Waals surface area contributed by atoms with E-state index in [1.165, 1.54) is 12.1 Å². The quantitative estimate of drug-likeness (QED) is 0.713. The number of halogens is 1. The molecule has 1 atom stereocenters. The van der Waals surface area contributed by atoms with Crippen molar-refractivity contribution in [1.82, 2.24) is 0 Å². The minimum absolute atomic E-state index is 0.119. The molecule has 16 heavy (non-hydrogen) atoms. The molecule has 0 fully saturated rings. The van der Waals surface area contributed by atoms with Crippen molar-refractivity contribution >= 4 is 15.7 Å². The first-order chi connectivity index (χ1) is 7.34. The second-order valence-electron chi connectivity index (χ2n) is 3.41. The molecule has 0 saturated carbocycles. The highest BCUT2D eigenvalue weighted by molar-refractivity contribution is 7.89. The Balaban J connectivity index is 3.01. The van der Waals surface area contributed by atoms with E-state index in [9.17, 15) is 12.8 Å². The van der Waals surface area contributed by atoms with Crippen LogP contribution in [0.2, 0.25) is 0 Å². The van der Waals surface area contributed by atoms with Crippen LogP contribution in [0.25, 0.3) is 0 Å². The number of hydrogen-bond donors (Lipinski definition) is 3. The van der Waals surface area contributed by atoms with Crippen molar-refractivity contribution < 1.29 is 17.9 Å². The van der Waals surface area contributed by atoms with Gasteiger partial charge in [-0.25, -0.2) is 17.9 Å². The monoisotopic (exact) mass is 248 g/mol.